The first-order valence-electron chi connectivity index (χ1n) is 8.81. The summed E-state index contributed by atoms with van der Waals surface area (Å²) in [6.07, 6.45) is -4.44. The van der Waals surface area contributed by atoms with Crippen LogP contribution >= 0.6 is 0 Å². The van der Waals surface area contributed by atoms with Gasteiger partial charge >= 0.3 is 6.18 Å². The fraction of sp³-hybridized carbons (Fsp3) is 0.350. The van der Waals surface area contributed by atoms with E-state index in [4.69, 9.17) is 0 Å². The van der Waals surface area contributed by atoms with Gasteiger partial charge in [0.1, 0.15) is 0 Å². The Morgan fingerprint density at radius 3 is 2.37 bits per heavy atom. The van der Waals surface area contributed by atoms with Crippen molar-refractivity contribution < 1.29 is 18.0 Å². The molecular formula is C20H24F3N3O. The van der Waals surface area contributed by atoms with Gasteiger partial charge in [-0.1, -0.05) is 6.07 Å². The maximum atomic E-state index is 12.7. The Hall–Kier alpha value is -2.70. The van der Waals surface area contributed by atoms with Gasteiger partial charge in [0.25, 0.3) is 0 Å². The van der Waals surface area contributed by atoms with E-state index >= 15 is 0 Å². The number of alkyl halides is 3. The first kappa shape index (κ1) is 20.6. The average Bonchev–Trinajstić information content (AvgIpc) is 2.61. The van der Waals surface area contributed by atoms with Gasteiger partial charge in [0, 0.05) is 30.2 Å². The lowest BCUT2D eigenvalue weighted by atomic mass is 10.1. The number of hydrogen-bond donors (Lipinski definition) is 2. The predicted molar refractivity (Wildman–Crippen MR) is 103 cm³/mol. The van der Waals surface area contributed by atoms with Gasteiger partial charge in [-0.25, -0.2) is 0 Å². The smallest absolute Gasteiger partial charge is 0.376 e. The van der Waals surface area contributed by atoms with Gasteiger partial charge < -0.3 is 15.5 Å². The lowest BCUT2D eigenvalue weighted by Crippen LogP contribution is -2.23. The molecule has 0 radical (unpaired) electrons. The molecule has 2 aromatic carbocycles. The molecule has 0 saturated heterocycles. The van der Waals surface area contributed by atoms with Gasteiger partial charge in [0.2, 0.25) is 5.91 Å². The van der Waals surface area contributed by atoms with E-state index in [9.17, 15) is 18.0 Å². The molecule has 0 aromatic heterocycles. The molecule has 0 unspecified atom stereocenters. The van der Waals surface area contributed by atoms with Crippen molar-refractivity contribution in [1.29, 1.82) is 0 Å². The van der Waals surface area contributed by atoms with Crippen molar-refractivity contribution in [3.8, 4) is 0 Å². The fourth-order valence-corrected chi connectivity index (χ4v) is 2.79. The van der Waals surface area contributed by atoms with Crippen molar-refractivity contribution in [1.82, 2.24) is 0 Å². The Morgan fingerprint density at radius 1 is 1.07 bits per heavy atom. The van der Waals surface area contributed by atoms with E-state index in [0.29, 0.717) is 0 Å². The minimum absolute atomic E-state index is 0.0400. The summed E-state index contributed by atoms with van der Waals surface area (Å²) in [5, 5.41) is 5.51. The number of rotatable bonds is 7. The molecule has 0 spiro atoms. The van der Waals surface area contributed by atoms with E-state index in [1.54, 1.807) is 0 Å². The Labute approximate surface area is 157 Å². The van der Waals surface area contributed by atoms with E-state index in [1.165, 1.54) is 12.1 Å². The molecule has 0 fully saturated rings. The van der Waals surface area contributed by atoms with E-state index in [0.717, 1.165) is 42.2 Å². The highest BCUT2D eigenvalue weighted by Gasteiger charge is 2.30. The van der Waals surface area contributed by atoms with Gasteiger partial charge in [-0.15, -0.1) is 0 Å². The van der Waals surface area contributed by atoms with E-state index in [-0.39, 0.29) is 12.2 Å². The number of hydrogen-bond acceptors (Lipinski definition) is 3. The number of nitrogens with one attached hydrogen (secondary N) is 2. The van der Waals surface area contributed by atoms with Crippen LogP contribution in [0.1, 0.15) is 25.0 Å². The summed E-state index contributed by atoms with van der Waals surface area (Å²) in [4.78, 5) is 14.3. The number of amides is 1. The molecular weight excluding hydrogens is 355 g/mol. The zero-order valence-corrected chi connectivity index (χ0v) is 15.7. The Morgan fingerprint density at radius 2 is 1.78 bits per heavy atom. The Balaban J connectivity index is 1.98. The maximum Gasteiger partial charge on any atom is 0.416 e. The molecule has 2 N–H and O–H groups in total. The second kappa shape index (κ2) is 8.79. The minimum Gasteiger partial charge on any atom is -0.376 e. The lowest BCUT2D eigenvalue weighted by Gasteiger charge is -2.22. The number of carbonyl (C=O) groups is 1. The molecule has 146 valence electrons. The van der Waals surface area contributed by atoms with Crippen LogP contribution in [0, 0.1) is 6.92 Å². The van der Waals surface area contributed by atoms with E-state index in [2.05, 4.69) is 29.4 Å². The third-order valence-corrected chi connectivity index (χ3v) is 4.25. The highest BCUT2D eigenvalue weighted by Crippen LogP contribution is 2.30. The minimum atomic E-state index is -4.44. The highest BCUT2D eigenvalue weighted by atomic mass is 19.4. The van der Waals surface area contributed by atoms with Gasteiger partial charge in [0.15, 0.2) is 0 Å². The summed E-state index contributed by atoms with van der Waals surface area (Å²) in [5.74, 6) is -0.415. The number of halogens is 3. The molecule has 0 bridgehead atoms. The van der Waals surface area contributed by atoms with Crippen LogP contribution in [-0.2, 0) is 11.0 Å². The number of benzene rings is 2. The van der Waals surface area contributed by atoms with Gasteiger partial charge in [0.05, 0.1) is 12.1 Å². The Bertz CT molecular complexity index is 786. The van der Waals surface area contributed by atoms with Crippen LogP contribution in [0.2, 0.25) is 0 Å². The van der Waals surface area contributed by atoms with Gasteiger partial charge in [-0.3, -0.25) is 4.79 Å². The van der Waals surface area contributed by atoms with Gasteiger partial charge in [-0.05, 0) is 62.7 Å². The van der Waals surface area contributed by atoms with E-state index in [1.807, 2.05) is 25.1 Å². The largest absolute Gasteiger partial charge is 0.416 e. The molecule has 0 aliphatic rings. The number of aryl methyl sites for hydroxylation is 1. The van der Waals surface area contributed by atoms with Crippen LogP contribution < -0.4 is 15.5 Å². The monoisotopic (exact) mass is 379 g/mol. The van der Waals surface area contributed by atoms with Crippen LogP contribution in [0.3, 0.4) is 0 Å². The molecule has 0 aliphatic heterocycles. The molecule has 2 rings (SSSR count). The van der Waals surface area contributed by atoms with Crippen LogP contribution in [0.4, 0.5) is 30.2 Å². The van der Waals surface area contributed by atoms with Crippen molar-refractivity contribution in [2.75, 3.05) is 35.2 Å². The quantitative estimate of drug-likeness (QED) is 0.718. The topological polar surface area (TPSA) is 44.4 Å². The summed E-state index contributed by atoms with van der Waals surface area (Å²) in [5.41, 5.74) is 2.23. The summed E-state index contributed by atoms with van der Waals surface area (Å²) < 4.78 is 38.2. The molecule has 4 nitrogen and oxygen atoms in total. The maximum absolute atomic E-state index is 12.7. The second-order valence-corrected chi connectivity index (χ2v) is 6.15. The summed E-state index contributed by atoms with van der Waals surface area (Å²) in [6.45, 7) is 7.89. The molecule has 27 heavy (non-hydrogen) atoms. The van der Waals surface area contributed by atoms with Crippen molar-refractivity contribution in [2.24, 2.45) is 0 Å². The molecule has 0 heterocycles. The fourth-order valence-electron chi connectivity index (χ4n) is 2.79. The van der Waals surface area contributed by atoms with Gasteiger partial charge in [-0.2, -0.15) is 13.2 Å². The first-order valence-corrected chi connectivity index (χ1v) is 8.81. The normalized spacial score (nSPS) is 11.2. The van der Waals surface area contributed by atoms with Crippen LogP contribution in [0.15, 0.2) is 42.5 Å². The molecule has 7 heteroatoms. The highest BCUT2D eigenvalue weighted by molar-refractivity contribution is 5.94. The zero-order chi connectivity index (χ0) is 20.0. The third-order valence-electron chi connectivity index (χ3n) is 4.25. The predicted octanol–water partition coefficient (Wildman–Crippen LogP) is 4.91. The average molecular weight is 379 g/mol. The van der Waals surface area contributed by atoms with E-state index < -0.39 is 17.6 Å². The molecule has 0 saturated carbocycles. The van der Waals surface area contributed by atoms with Crippen LogP contribution in [0.25, 0.3) is 0 Å². The SMILES string of the molecule is CCN(CC)c1ccc(NCC(=O)Nc2cccc(C(F)(F)F)c2)c(C)c1. The molecule has 0 atom stereocenters. The van der Waals surface area contributed by atoms with Crippen molar-refractivity contribution in [3.63, 3.8) is 0 Å². The third kappa shape index (κ3) is 5.64. The molecule has 2 aromatic rings. The standard InChI is InChI=1S/C20H24F3N3O/c1-4-26(5-2)17-9-10-18(14(3)11-17)24-13-19(27)25-16-8-6-7-15(12-16)20(21,22)23/h6-12,24H,4-5,13H2,1-3H3,(H,25,27). The summed E-state index contributed by atoms with van der Waals surface area (Å²) >= 11 is 0. The Kier molecular flexibility index (Phi) is 6.71. The van der Waals surface area contributed by atoms with Crippen molar-refractivity contribution in [2.45, 2.75) is 26.9 Å². The molecule has 1 amide bonds. The summed E-state index contributed by atoms with van der Waals surface area (Å²) in [7, 11) is 0. The number of anilines is 3. The molecule has 0 aliphatic carbocycles. The number of nitrogens with zero attached hydrogens (tertiary/aromatic N) is 1. The van der Waals surface area contributed by atoms with Crippen molar-refractivity contribution >= 4 is 23.0 Å². The van der Waals surface area contributed by atoms with Crippen LogP contribution in [0.5, 0.6) is 0 Å². The van der Waals surface area contributed by atoms with Crippen LogP contribution in [-0.4, -0.2) is 25.5 Å². The lowest BCUT2D eigenvalue weighted by molar-refractivity contribution is -0.137. The van der Waals surface area contributed by atoms with Crippen molar-refractivity contribution in [3.05, 3.63) is 53.6 Å². The second-order valence-electron chi connectivity index (χ2n) is 6.15. The number of carbonyl (C=O) groups excluding carboxylic acids is 1. The zero-order valence-electron chi connectivity index (χ0n) is 15.7. The summed E-state index contributed by atoms with van der Waals surface area (Å²) in [6, 6.07) is 10.5. The first-order chi connectivity index (χ1) is 12.7.